The average molecular weight is 328 g/mol. The topological polar surface area (TPSA) is 61.0 Å². The van der Waals surface area contributed by atoms with E-state index in [9.17, 15) is 10.1 Å². The Morgan fingerprint density at radius 3 is 2.83 bits per heavy atom. The van der Waals surface area contributed by atoms with Crippen molar-refractivity contribution in [2.75, 3.05) is 0 Å². The third-order valence-electron chi connectivity index (χ3n) is 2.42. The van der Waals surface area contributed by atoms with E-state index in [0.29, 0.717) is 10.9 Å². The van der Waals surface area contributed by atoms with Gasteiger partial charge >= 0.3 is 5.82 Å². The zero-order valence-corrected chi connectivity index (χ0v) is 11.9. The standard InChI is InChI=1S/C11H10BrN3O2S/c1-14-10(15(16)17)6-13-11(14)18-7-8-4-2-3-5-9(8)12/h2-6H,7H2,1H3. The van der Waals surface area contributed by atoms with Crippen LogP contribution in [0.3, 0.4) is 0 Å². The minimum absolute atomic E-state index is 0.00428. The van der Waals surface area contributed by atoms with Crippen molar-refractivity contribution < 1.29 is 4.92 Å². The van der Waals surface area contributed by atoms with E-state index < -0.39 is 4.92 Å². The predicted octanol–water partition coefficient (Wildman–Crippen LogP) is 3.38. The maximum atomic E-state index is 10.7. The fourth-order valence-electron chi connectivity index (χ4n) is 1.45. The molecular weight excluding hydrogens is 318 g/mol. The molecule has 18 heavy (non-hydrogen) atoms. The quantitative estimate of drug-likeness (QED) is 0.490. The average Bonchev–Trinajstić information content (AvgIpc) is 2.70. The van der Waals surface area contributed by atoms with E-state index in [1.165, 1.54) is 22.5 Å². The SMILES string of the molecule is Cn1c([N+](=O)[O-])cnc1SCc1ccccc1Br. The Labute approximate surface area is 117 Å². The number of thioether (sulfide) groups is 1. The van der Waals surface area contributed by atoms with Gasteiger partial charge in [0.15, 0.2) is 0 Å². The van der Waals surface area contributed by atoms with Crippen LogP contribution >= 0.6 is 27.7 Å². The largest absolute Gasteiger partial charge is 0.358 e. The highest BCUT2D eigenvalue weighted by Crippen LogP contribution is 2.27. The highest BCUT2D eigenvalue weighted by atomic mass is 79.9. The summed E-state index contributed by atoms with van der Waals surface area (Å²) in [6.07, 6.45) is 1.28. The Kier molecular flexibility index (Phi) is 4.03. The lowest BCUT2D eigenvalue weighted by atomic mass is 10.2. The number of nitro groups is 1. The molecule has 1 heterocycles. The first-order chi connectivity index (χ1) is 8.59. The number of halogens is 1. The summed E-state index contributed by atoms with van der Waals surface area (Å²) in [4.78, 5) is 14.3. The van der Waals surface area contributed by atoms with E-state index in [-0.39, 0.29) is 5.82 Å². The van der Waals surface area contributed by atoms with Crippen LogP contribution < -0.4 is 0 Å². The first-order valence-electron chi connectivity index (χ1n) is 5.12. The molecule has 1 aromatic carbocycles. The Bertz CT molecular complexity index is 585. The summed E-state index contributed by atoms with van der Waals surface area (Å²) in [5.74, 6) is 0.716. The fourth-order valence-corrected chi connectivity index (χ4v) is 3.01. The first-order valence-corrected chi connectivity index (χ1v) is 6.89. The van der Waals surface area contributed by atoms with E-state index in [4.69, 9.17) is 0 Å². The van der Waals surface area contributed by atoms with Crippen molar-refractivity contribution >= 4 is 33.5 Å². The molecule has 0 fully saturated rings. The van der Waals surface area contributed by atoms with Crippen molar-refractivity contribution in [3.63, 3.8) is 0 Å². The highest BCUT2D eigenvalue weighted by Gasteiger charge is 2.16. The molecule has 0 atom stereocenters. The number of aromatic nitrogens is 2. The number of hydrogen-bond acceptors (Lipinski definition) is 4. The van der Waals surface area contributed by atoms with Gasteiger partial charge in [0.1, 0.15) is 6.20 Å². The Morgan fingerprint density at radius 1 is 1.50 bits per heavy atom. The van der Waals surface area contributed by atoms with Crippen LogP contribution in [0.25, 0.3) is 0 Å². The molecule has 1 aromatic heterocycles. The highest BCUT2D eigenvalue weighted by molar-refractivity contribution is 9.10. The van der Waals surface area contributed by atoms with Crippen LogP contribution in [0.1, 0.15) is 5.56 Å². The summed E-state index contributed by atoms with van der Waals surface area (Å²) in [6.45, 7) is 0. The second kappa shape index (κ2) is 5.53. The zero-order chi connectivity index (χ0) is 13.1. The monoisotopic (exact) mass is 327 g/mol. The molecule has 5 nitrogen and oxygen atoms in total. The first kappa shape index (κ1) is 13.1. The van der Waals surface area contributed by atoms with Gasteiger partial charge < -0.3 is 10.1 Å². The van der Waals surface area contributed by atoms with E-state index in [1.54, 1.807) is 7.05 Å². The van der Waals surface area contributed by atoms with Crippen molar-refractivity contribution in [3.8, 4) is 0 Å². The number of rotatable bonds is 4. The second-order valence-corrected chi connectivity index (χ2v) is 5.39. The lowest BCUT2D eigenvalue weighted by Crippen LogP contribution is -1.98. The van der Waals surface area contributed by atoms with Gasteiger partial charge in [-0.25, -0.2) is 9.55 Å². The van der Waals surface area contributed by atoms with E-state index in [2.05, 4.69) is 20.9 Å². The van der Waals surface area contributed by atoms with Crippen LogP contribution in [-0.4, -0.2) is 14.5 Å². The molecule has 0 aliphatic rings. The summed E-state index contributed by atoms with van der Waals surface area (Å²) >= 11 is 4.94. The molecule has 0 unspecified atom stereocenters. The van der Waals surface area contributed by atoms with Gasteiger partial charge in [0.25, 0.3) is 5.16 Å². The van der Waals surface area contributed by atoms with Gasteiger partial charge in [0.2, 0.25) is 0 Å². The second-order valence-electron chi connectivity index (χ2n) is 3.60. The molecule has 94 valence electrons. The van der Waals surface area contributed by atoms with Gasteiger partial charge in [-0.3, -0.25) is 0 Å². The smallest absolute Gasteiger partial charge is 0.343 e. The Hall–Kier alpha value is -1.34. The van der Waals surface area contributed by atoms with Crippen LogP contribution in [-0.2, 0) is 12.8 Å². The summed E-state index contributed by atoms with van der Waals surface area (Å²) in [5.41, 5.74) is 1.13. The zero-order valence-electron chi connectivity index (χ0n) is 9.54. The summed E-state index contributed by atoms with van der Waals surface area (Å²) in [5, 5.41) is 11.3. The van der Waals surface area contributed by atoms with Crippen LogP contribution in [0.5, 0.6) is 0 Å². The minimum atomic E-state index is -0.435. The maximum absolute atomic E-state index is 10.7. The van der Waals surface area contributed by atoms with Gasteiger partial charge in [-0.15, -0.1) is 0 Å². The Balaban J connectivity index is 2.12. The van der Waals surface area contributed by atoms with Crippen LogP contribution in [0.4, 0.5) is 5.82 Å². The molecule has 0 saturated heterocycles. The lowest BCUT2D eigenvalue weighted by molar-refractivity contribution is -0.392. The van der Waals surface area contributed by atoms with Crippen molar-refractivity contribution in [3.05, 3.63) is 50.6 Å². The van der Waals surface area contributed by atoms with Crippen LogP contribution in [0, 0.1) is 10.1 Å². The van der Waals surface area contributed by atoms with Gasteiger partial charge in [-0.1, -0.05) is 45.9 Å². The Morgan fingerprint density at radius 2 is 2.22 bits per heavy atom. The minimum Gasteiger partial charge on any atom is -0.358 e. The van der Waals surface area contributed by atoms with E-state index >= 15 is 0 Å². The molecule has 0 aliphatic heterocycles. The number of nitrogens with zero attached hydrogens (tertiary/aromatic N) is 3. The van der Waals surface area contributed by atoms with Gasteiger partial charge in [-0.2, -0.15) is 0 Å². The van der Waals surface area contributed by atoms with Crippen LogP contribution in [0.15, 0.2) is 40.1 Å². The summed E-state index contributed by atoms with van der Waals surface area (Å²) in [6, 6.07) is 7.89. The molecule has 0 bridgehead atoms. The van der Waals surface area contributed by atoms with Gasteiger partial charge in [0, 0.05) is 10.2 Å². The molecule has 0 aliphatic carbocycles. The molecule has 0 amide bonds. The van der Waals surface area contributed by atoms with Crippen molar-refractivity contribution in [2.45, 2.75) is 10.9 Å². The van der Waals surface area contributed by atoms with Gasteiger partial charge in [0.05, 0.1) is 7.05 Å². The molecule has 0 N–H and O–H groups in total. The molecular formula is C11H10BrN3O2S. The van der Waals surface area contributed by atoms with Gasteiger partial charge in [-0.05, 0) is 16.6 Å². The predicted molar refractivity (Wildman–Crippen MR) is 73.6 cm³/mol. The number of imidazole rings is 1. The molecule has 2 aromatic rings. The van der Waals surface area contributed by atoms with E-state index in [1.807, 2.05) is 24.3 Å². The van der Waals surface area contributed by atoms with Crippen molar-refractivity contribution in [1.82, 2.24) is 9.55 Å². The molecule has 2 rings (SSSR count). The molecule has 0 saturated carbocycles. The summed E-state index contributed by atoms with van der Waals surface area (Å²) in [7, 11) is 1.65. The maximum Gasteiger partial charge on any atom is 0.343 e. The normalized spacial score (nSPS) is 10.6. The molecule has 0 radical (unpaired) electrons. The molecule has 7 heteroatoms. The van der Waals surface area contributed by atoms with Crippen molar-refractivity contribution in [1.29, 1.82) is 0 Å². The summed E-state index contributed by atoms with van der Waals surface area (Å²) < 4.78 is 2.52. The fraction of sp³-hybridized carbons (Fsp3) is 0.182. The van der Waals surface area contributed by atoms with Crippen LogP contribution in [0.2, 0.25) is 0 Å². The molecule has 0 spiro atoms. The lowest BCUT2D eigenvalue weighted by Gasteiger charge is -2.02. The number of hydrogen-bond donors (Lipinski definition) is 0. The number of benzene rings is 1. The third kappa shape index (κ3) is 2.73. The third-order valence-corrected chi connectivity index (χ3v) is 4.29. The van der Waals surface area contributed by atoms with E-state index in [0.717, 1.165) is 10.0 Å². The van der Waals surface area contributed by atoms with Crippen molar-refractivity contribution in [2.24, 2.45) is 7.05 Å².